The molecule has 0 fully saturated rings. The third kappa shape index (κ3) is 3.86. The number of benzene rings is 5. The van der Waals surface area contributed by atoms with Gasteiger partial charge in [-0.05, 0) is 57.9 Å². The summed E-state index contributed by atoms with van der Waals surface area (Å²) in [5.41, 5.74) is 6.31. The van der Waals surface area contributed by atoms with Crippen LogP contribution in [0.15, 0.2) is 134 Å². The predicted octanol–water partition coefficient (Wildman–Crippen LogP) is 8.88. The first kappa shape index (κ1) is 22.5. The molecule has 0 unspecified atom stereocenters. The van der Waals surface area contributed by atoms with E-state index in [4.69, 9.17) is 15.0 Å². The van der Waals surface area contributed by atoms with Crippen LogP contribution in [0.5, 0.6) is 0 Å². The summed E-state index contributed by atoms with van der Waals surface area (Å²) in [7, 11) is 0. The fraction of sp³-hybridized carbons (Fsp3) is 0. The molecule has 0 N–H and O–H groups in total. The highest BCUT2D eigenvalue weighted by molar-refractivity contribution is 6.04. The summed E-state index contributed by atoms with van der Waals surface area (Å²) in [6.07, 6.45) is 1.79. The Kier molecular flexibility index (Phi) is 5.10. The van der Waals surface area contributed by atoms with Gasteiger partial charge in [0.1, 0.15) is 0 Å². The molecule has 0 aliphatic rings. The maximum absolute atomic E-state index is 5.15. The zero-order valence-corrected chi connectivity index (χ0v) is 21.5. The molecular formula is C36H22N4. The fourth-order valence-corrected chi connectivity index (χ4v) is 5.40. The van der Waals surface area contributed by atoms with Crippen LogP contribution < -0.4 is 0 Å². The van der Waals surface area contributed by atoms with Gasteiger partial charge < -0.3 is 0 Å². The highest BCUT2D eigenvalue weighted by atomic mass is 14.9. The average molecular weight is 511 g/mol. The van der Waals surface area contributed by atoms with Gasteiger partial charge in [-0.25, -0.2) is 19.9 Å². The second kappa shape index (κ2) is 9.07. The van der Waals surface area contributed by atoms with Crippen LogP contribution in [0.25, 0.3) is 77.4 Å². The van der Waals surface area contributed by atoms with Crippen molar-refractivity contribution in [2.45, 2.75) is 0 Å². The molecule has 186 valence electrons. The molecule has 0 aliphatic carbocycles. The van der Waals surface area contributed by atoms with E-state index in [9.17, 15) is 0 Å². The van der Waals surface area contributed by atoms with E-state index in [0.717, 1.165) is 50.0 Å². The van der Waals surface area contributed by atoms with Crippen LogP contribution >= 0.6 is 0 Å². The van der Waals surface area contributed by atoms with Gasteiger partial charge >= 0.3 is 0 Å². The first-order valence-electron chi connectivity index (χ1n) is 13.3. The van der Waals surface area contributed by atoms with Crippen molar-refractivity contribution < 1.29 is 0 Å². The van der Waals surface area contributed by atoms with Crippen molar-refractivity contribution in [1.82, 2.24) is 19.9 Å². The van der Waals surface area contributed by atoms with Gasteiger partial charge in [-0.1, -0.05) is 91.0 Å². The zero-order chi connectivity index (χ0) is 26.5. The minimum atomic E-state index is 0.683. The minimum Gasteiger partial charge on any atom is -0.245 e. The molecule has 0 bridgehead atoms. The van der Waals surface area contributed by atoms with Crippen molar-refractivity contribution in [3.05, 3.63) is 134 Å². The predicted molar refractivity (Wildman–Crippen MR) is 164 cm³/mol. The van der Waals surface area contributed by atoms with Crippen molar-refractivity contribution in [1.29, 1.82) is 0 Å². The van der Waals surface area contributed by atoms with Crippen molar-refractivity contribution in [2.24, 2.45) is 0 Å². The summed E-state index contributed by atoms with van der Waals surface area (Å²) >= 11 is 0. The highest BCUT2D eigenvalue weighted by Gasteiger charge is 2.11. The van der Waals surface area contributed by atoms with Crippen molar-refractivity contribution in [3.8, 4) is 34.0 Å². The second-order valence-electron chi connectivity index (χ2n) is 9.99. The fourth-order valence-electron chi connectivity index (χ4n) is 5.40. The van der Waals surface area contributed by atoms with E-state index >= 15 is 0 Å². The standard InChI is InChI=1S/C36H22N4/c1-2-6-25(7-3-1)36-37-19-18-33(40-36)32-17-15-24-11-10-23-14-16-31(38-34(23)35(24)39-32)29-13-12-28-20-26-8-4-5-9-27(26)21-30(28)22-29/h1-22H. The van der Waals surface area contributed by atoms with E-state index < -0.39 is 0 Å². The Morgan fingerprint density at radius 1 is 0.350 bits per heavy atom. The molecule has 3 heterocycles. The SMILES string of the molecule is c1ccc(-c2nccc(-c3ccc4ccc5ccc(-c6ccc7cc8ccccc8cc7c6)nc5c4n3)n2)cc1. The van der Waals surface area contributed by atoms with Crippen LogP contribution in [0.3, 0.4) is 0 Å². The number of hydrogen-bond donors (Lipinski definition) is 0. The number of aromatic nitrogens is 4. The molecular weight excluding hydrogens is 488 g/mol. The quantitative estimate of drug-likeness (QED) is 0.176. The molecule has 8 rings (SSSR count). The average Bonchev–Trinajstić information content (AvgIpc) is 3.03. The van der Waals surface area contributed by atoms with Gasteiger partial charge in [0.15, 0.2) is 5.82 Å². The molecule has 5 aromatic carbocycles. The van der Waals surface area contributed by atoms with E-state index in [1.165, 1.54) is 21.5 Å². The molecule has 0 spiro atoms. The Morgan fingerprint density at radius 3 is 1.70 bits per heavy atom. The van der Waals surface area contributed by atoms with Gasteiger partial charge in [0.2, 0.25) is 0 Å². The molecule has 4 nitrogen and oxygen atoms in total. The molecule has 3 aromatic heterocycles. The first-order valence-corrected chi connectivity index (χ1v) is 13.3. The van der Waals surface area contributed by atoms with Gasteiger partial charge in [-0.3, -0.25) is 0 Å². The first-order chi connectivity index (χ1) is 19.8. The highest BCUT2D eigenvalue weighted by Crippen LogP contribution is 2.31. The smallest absolute Gasteiger partial charge is 0.159 e. The summed E-state index contributed by atoms with van der Waals surface area (Å²) in [4.78, 5) is 19.5. The molecule has 0 radical (unpaired) electrons. The summed E-state index contributed by atoms with van der Waals surface area (Å²) in [6, 6.07) is 44.0. The minimum absolute atomic E-state index is 0.683. The van der Waals surface area contributed by atoms with Crippen LogP contribution in [-0.4, -0.2) is 19.9 Å². The number of rotatable bonds is 3. The normalized spacial score (nSPS) is 11.5. The third-order valence-electron chi connectivity index (χ3n) is 7.47. The summed E-state index contributed by atoms with van der Waals surface area (Å²) < 4.78 is 0. The maximum Gasteiger partial charge on any atom is 0.159 e. The lowest BCUT2D eigenvalue weighted by atomic mass is 10.00. The Morgan fingerprint density at radius 2 is 0.925 bits per heavy atom. The van der Waals surface area contributed by atoms with Crippen LogP contribution in [-0.2, 0) is 0 Å². The number of fused-ring (bicyclic) bond motifs is 5. The van der Waals surface area contributed by atoms with Crippen LogP contribution in [0.2, 0.25) is 0 Å². The van der Waals surface area contributed by atoms with Crippen LogP contribution in [0.1, 0.15) is 0 Å². The third-order valence-corrected chi connectivity index (χ3v) is 7.47. The number of hydrogen-bond acceptors (Lipinski definition) is 4. The van der Waals surface area contributed by atoms with Crippen molar-refractivity contribution >= 4 is 43.4 Å². The number of pyridine rings is 2. The lowest BCUT2D eigenvalue weighted by Crippen LogP contribution is -1.94. The van der Waals surface area contributed by atoms with Gasteiger partial charge in [-0.2, -0.15) is 0 Å². The van der Waals surface area contributed by atoms with Crippen molar-refractivity contribution in [3.63, 3.8) is 0 Å². The molecule has 0 atom stereocenters. The summed E-state index contributed by atoms with van der Waals surface area (Å²) in [5, 5.41) is 7.01. The number of nitrogens with zero attached hydrogens (tertiary/aromatic N) is 4. The molecule has 0 saturated heterocycles. The van der Waals surface area contributed by atoms with E-state index in [1.54, 1.807) is 6.20 Å². The zero-order valence-electron chi connectivity index (χ0n) is 21.5. The second-order valence-corrected chi connectivity index (χ2v) is 9.99. The Labute approximate surface area is 230 Å². The lowest BCUT2D eigenvalue weighted by Gasteiger charge is -2.09. The topological polar surface area (TPSA) is 51.6 Å². The molecule has 4 heteroatoms. The summed E-state index contributed by atoms with van der Waals surface area (Å²) in [6.45, 7) is 0. The van der Waals surface area contributed by atoms with E-state index in [1.807, 2.05) is 42.5 Å². The molecule has 40 heavy (non-hydrogen) atoms. The monoisotopic (exact) mass is 510 g/mol. The largest absolute Gasteiger partial charge is 0.245 e. The molecule has 0 amide bonds. The van der Waals surface area contributed by atoms with Gasteiger partial charge in [0.05, 0.1) is 28.1 Å². The van der Waals surface area contributed by atoms with Crippen LogP contribution in [0.4, 0.5) is 0 Å². The van der Waals surface area contributed by atoms with Gasteiger partial charge in [0.25, 0.3) is 0 Å². The van der Waals surface area contributed by atoms with Crippen molar-refractivity contribution in [2.75, 3.05) is 0 Å². The maximum atomic E-state index is 5.15. The Balaban J connectivity index is 1.26. The molecule has 8 aromatic rings. The van der Waals surface area contributed by atoms with Gasteiger partial charge in [-0.15, -0.1) is 0 Å². The molecule has 0 saturated carbocycles. The summed E-state index contributed by atoms with van der Waals surface area (Å²) in [5.74, 6) is 0.683. The lowest BCUT2D eigenvalue weighted by molar-refractivity contribution is 1.17. The Hall–Kier alpha value is -5.48. The van der Waals surface area contributed by atoms with Gasteiger partial charge in [0, 0.05) is 28.1 Å². The van der Waals surface area contributed by atoms with E-state index in [0.29, 0.717) is 5.82 Å². The van der Waals surface area contributed by atoms with E-state index in [2.05, 4.69) is 89.9 Å². The van der Waals surface area contributed by atoms with Crippen LogP contribution in [0, 0.1) is 0 Å². The Bertz CT molecular complexity index is 2220. The van der Waals surface area contributed by atoms with E-state index in [-0.39, 0.29) is 0 Å². The molecule has 0 aliphatic heterocycles.